The van der Waals surface area contributed by atoms with Crippen LogP contribution in [0.2, 0.25) is 5.02 Å². The van der Waals surface area contributed by atoms with Gasteiger partial charge in [0.1, 0.15) is 40.8 Å². The summed E-state index contributed by atoms with van der Waals surface area (Å²) in [5.74, 6) is -3.38. The number of amides is 6. The van der Waals surface area contributed by atoms with Gasteiger partial charge in [-0.3, -0.25) is 29.3 Å². The monoisotopic (exact) mass is 1180 g/mol. The van der Waals surface area contributed by atoms with Gasteiger partial charge < -0.3 is 43.4 Å². The normalized spacial score (nSPS) is 25.8. The number of esters is 1. The fourth-order valence-electron chi connectivity index (χ4n) is 9.72. The predicted molar refractivity (Wildman–Crippen MR) is 302 cm³/mol. The first-order valence-corrected chi connectivity index (χ1v) is 29.2. The first-order chi connectivity index (χ1) is 38.2. The third-order valence-corrected chi connectivity index (χ3v) is 18.5. The van der Waals surface area contributed by atoms with E-state index in [1.54, 1.807) is 45.2 Å². The van der Waals surface area contributed by atoms with Crippen molar-refractivity contribution in [1.82, 2.24) is 30.7 Å². The number of ether oxygens (including phenoxy) is 5. The molecule has 2 saturated heterocycles. The number of carbonyl (C=O) groups excluding carboxylic acids is 8. The minimum atomic E-state index is -1.83. The molecule has 4 heterocycles. The minimum Gasteiger partial charge on any atom is -0.495 e. The predicted octanol–water partition coefficient (Wildman–Crippen LogP) is 6.42. The highest BCUT2D eigenvalue weighted by atomic mass is 35.5. The van der Waals surface area contributed by atoms with Gasteiger partial charge in [0.25, 0.3) is 11.8 Å². The quantitative estimate of drug-likeness (QED) is 0.0322. The molecular formula is C55H73ClN8O15S2. The zero-order chi connectivity index (χ0) is 59.6. The number of hydrogen-bond donors (Lipinski definition) is 3. The van der Waals surface area contributed by atoms with E-state index in [2.05, 4.69) is 25.8 Å². The van der Waals surface area contributed by atoms with E-state index >= 15 is 0 Å². The molecule has 0 radical (unpaired) electrons. The maximum Gasteiger partial charge on any atom is 0.409 e. The molecule has 2 aromatic rings. The number of hydroxylamine groups is 2. The molecule has 23 nitrogen and oxygen atoms in total. The number of halogens is 1. The van der Waals surface area contributed by atoms with Gasteiger partial charge in [-0.2, -0.15) is 5.10 Å². The summed E-state index contributed by atoms with van der Waals surface area (Å²) in [6, 6.07) is 2.54. The molecule has 4 bridgehead atoms. The van der Waals surface area contributed by atoms with Crippen LogP contribution in [-0.4, -0.2) is 154 Å². The van der Waals surface area contributed by atoms with Gasteiger partial charge in [0, 0.05) is 69.2 Å². The Balaban J connectivity index is 1.02. The Bertz CT molecular complexity index is 2790. The van der Waals surface area contributed by atoms with Crippen molar-refractivity contribution >= 4 is 92.2 Å². The summed E-state index contributed by atoms with van der Waals surface area (Å²) in [5, 5.41) is 19.3. The highest BCUT2D eigenvalue weighted by Crippen LogP contribution is 2.61. The lowest BCUT2D eigenvalue weighted by atomic mass is 9.83. The molecule has 3 N–H and O–H groups in total. The number of hydrazone groups is 1. The van der Waals surface area contributed by atoms with Crippen LogP contribution in [0.5, 0.6) is 11.6 Å². The molecule has 1 aromatic heterocycles. The molecule has 0 unspecified atom stereocenters. The molecule has 1 aliphatic carbocycles. The van der Waals surface area contributed by atoms with Crippen LogP contribution in [-0.2, 0) is 59.0 Å². The van der Waals surface area contributed by atoms with Crippen molar-refractivity contribution < 1.29 is 72.0 Å². The van der Waals surface area contributed by atoms with E-state index in [4.69, 9.17) is 40.1 Å². The Morgan fingerprint density at radius 1 is 1.07 bits per heavy atom. The van der Waals surface area contributed by atoms with Gasteiger partial charge in [-0.25, -0.2) is 29.8 Å². The molecule has 6 rings (SSSR count). The number of imide groups is 1. The molecular weight excluding hydrogens is 1110 g/mol. The molecule has 8 atom stereocenters. The Morgan fingerprint density at radius 3 is 2.46 bits per heavy atom. The second-order valence-electron chi connectivity index (χ2n) is 21.6. The van der Waals surface area contributed by atoms with Crippen molar-refractivity contribution in [2.45, 2.75) is 148 Å². The number of hydrogen-bond acceptors (Lipinski definition) is 20. The van der Waals surface area contributed by atoms with Gasteiger partial charge in [-0.05, 0) is 83.4 Å². The molecule has 4 aliphatic rings. The molecule has 26 heteroatoms. The average Bonchev–Trinajstić information content (AvgIpc) is 4.01. The SMILES string of the molecule is COc1cc2cc(c1Cl)N(C)C(=O)C[C@H](OC(=O)[C@H](C)N(C)C(=O)CCSSC(C)(C)CC(=O)N/N=C(/C)c1cnc(OCCCC(=O)ON3C(=O)CCC3=O)cn1)[C@@]1(C)C[C@H]1[C@H](C)[C@@H]1C[C@@](O)(NC(=O)O1)[C@H](OC)/C=C/C=C(\C)C2. The number of benzene rings is 1. The molecule has 1 saturated carbocycles. The van der Waals surface area contributed by atoms with Crippen molar-refractivity contribution in [1.29, 1.82) is 0 Å². The second-order valence-corrected chi connectivity index (χ2v) is 25.1. The average molecular weight is 1190 g/mol. The summed E-state index contributed by atoms with van der Waals surface area (Å²) >= 11 is 6.85. The van der Waals surface area contributed by atoms with E-state index in [0.29, 0.717) is 46.5 Å². The van der Waals surface area contributed by atoms with Gasteiger partial charge in [0.15, 0.2) is 5.72 Å². The van der Waals surface area contributed by atoms with Crippen molar-refractivity contribution in [3.8, 4) is 11.6 Å². The number of allylic oxidation sites excluding steroid dienone is 3. The van der Waals surface area contributed by atoms with E-state index in [-0.39, 0.29) is 92.5 Å². The number of alkyl carbamates (subject to hydrolysis) is 1. The van der Waals surface area contributed by atoms with Crippen LogP contribution < -0.4 is 25.1 Å². The number of anilines is 1. The van der Waals surface area contributed by atoms with Crippen molar-refractivity contribution in [2.75, 3.05) is 45.6 Å². The van der Waals surface area contributed by atoms with Gasteiger partial charge >= 0.3 is 18.0 Å². The van der Waals surface area contributed by atoms with Crippen LogP contribution in [0.3, 0.4) is 0 Å². The van der Waals surface area contributed by atoms with E-state index in [9.17, 15) is 43.5 Å². The van der Waals surface area contributed by atoms with Crippen molar-refractivity contribution in [3.63, 3.8) is 0 Å². The molecule has 1 aromatic carbocycles. The van der Waals surface area contributed by atoms with Crippen LogP contribution in [0.15, 0.2) is 53.4 Å². The van der Waals surface area contributed by atoms with Gasteiger partial charge in [-0.15, -0.1) is 5.06 Å². The number of carbonyl (C=O) groups is 8. The Hall–Kier alpha value is -6.28. The topological polar surface area (TPSA) is 284 Å². The molecule has 0 spiro atoms. The van der Waals surface area contributed by atoms with Crippen LogP contribution in [0.4, 0.5) is 10.5 Å². The van der Waals surface area contributed by atoms with Crippen LogP contribution >= 0.6 is 33.2 Å². The number of aromatic nitrogens is 2. The Labute approximate surface area is 484 Å². The Morgan fingerprint density at radius 2 is 1.79 bits per heavy atom. The zero-order valence-corrected chi connectivity index (χ0v) is 49.9. The first kappa shape index (κ1) is 63.9. The summed E-state index contributed by atoms with van der Waals surface area (Å²) in [6.07, 6.45) is 5.45. The summed E-state index contributed by atoms with van der Waals surface area (Å²) in [4.78, 5) is 120. The highest BCUT2D eigenvalue weighted by Gasteiger charge is 2.62. The van der Waals surface area contributed by atoms with Gasteiger partial charge in [-0.1, -0.05) is 70.8 Å². The summed E-state index contributed by atoms with van der Waals surface area (Å²) < 4.78 is 28.4. The molecule has 442 valence electrons. The number of likely N-dealkylation sites (N-methyl/N-ethyl adjacent to an activating group) is 1. The maximum absolute atomic E-state index is 14.4. The lowest BCUT2D eigenvalue weighted by Gasteiger charge is -2.42. The summed E-state index contributed by atoms with van der Waals surface area (Å²) in [6.45, 7) is 12.8. The number of nitrogens with zero attached hydrogens (tertiary/aromatic N) is 6. The lowest BCUT2D eigenvalue weighted by Crippen LogP contribution is -2.63. The van der Waals surface area contributed by atoms with E-state index in [1.807, 2.05) is 40.7 Å². The highest BCUT2D eigenvalue weighted by molar-refractivity contribution is 8.77. The second kappa shape index (κ2) is 27.7. The van der Waals surface area contributed by atoms with Crippen molar-refractivity contribution in [2.24, 2.45) is 22.4 Å². The van der Waals surface area contributed by atoms with E-state index in [1.165, 1.54) is 65.0 Å². The van der Waals surface area contributed by atoms with Crippen LogP contribution in [0, 0.1) is 17.3 Å². The van der Waals surface area contributed by atoms with Crippen LogP contribution in [0.1, 0.15) is 118 Å². The van der Waals surface area contributed by atoms with Gasteiger partial charge in [0.05, 0.1) is 50.4 Å². The fraction of sp³-hybridized carbons (Fsp3) is 0.582. The zero-order valence-electron chi connectivity index (χ0n) is 47.5. The molecule has 3 fully saturated rings. The van der Waals surface area contributed by atoms with Crippen molar-refractivity contribution in [3.05, 3.63) is 64.6 Å². The third-order valence-electron chi connectivity index (χ3n) is 14.8. The molecule has 6 amide bonds. The number of rotatable bonds is 20. The standard InChI is InChI=1S/C55H73ClN8O15S2/c1-31-14-12-15-41(75-11)55(73)27-40(77-52(72)59-55)32(2)36-26-54(36,7)42(25-48(69)63(9)38-23-35(22-31)24-39(74-10)50(38)56)78-51(71)34(4)62(8)45(66)19-21-80-81-53(5,6)28-43(65)61-60-33(3)37-29-58-44(30-57-37)76-20-13-16-49(70)79-64-46(67)17-18-47(64)68/h12,14-15,23-24,29-30,32,34,36,40-42,73H,13,16-22,25-28H2,1-11H3,(H,59,72)(H,61,65)/b15-12+,31-14+,60-33-/t32-,34-,36-,40-,41+,42-,54-,55-/m0/s1. The minimum absolute atomic E-state index is 0.00645. The van der Waals surface area contributed by atoms with Gasteiger partial charge in [0.2, 0.25) is 23.6 Å². The molecule has 81 heavy (non-hydrogen) atoms. The number of aliphatic hydroxyl groups is 1. The fourth-order valence-corrected chi connectivity index (χ4v) is 12.5. The molecule has 3 aliphatic heterocycles. The maximum atomic E-state index is 14.4. The van der Waals surface area contributed by atoms with E-state index < -0.39 is 76.0 Å². The smallest absolute Gasteiger partial charge is 0.409 e. The number of methoxy groups -OCH3 is 2. The summed E-state index contributed by atoms with van der Waals surface area (Å²) in [7, 11) is 8.84. The van der Waals surface area contributed by atoms with Crippen LogP contribution in [0.25, 0.3) is 0 Å². The Kier molecular flexibility index (Phi) is 21.8. The largest absolute Gasteiger partial charge is 0.495 e. The number of fused-ring (bicyclic) bond motifs is 5. The van der Waals surface area contributed by atoms with E-state index in [0.717, 1.165) is 11.1 Å². The third kappa shape index (κ3) is 16.7. The lowest BCUT2D eigenvalue weighted by molar-refractivity contribution is -0.197. The first-order valence-electron chi connectivity index (χ1n) is 26.5. The summed E-state index contributed by atoms with van der Waals surface area (Å²) in [5.41, 5.74) is 2.77. The number of nitrogens with one attached hydrogen (secondary N) is 2.